The normalized spacial score (nSPS) is 23.5. The molecule has 0 aromatic heterocycles. The lowest BCUT2D eigenvalue weighted by molar-refractivity contribution is -0.121. The van der Waals surface area contributed by atoms with Crippen molar-refractivity contribution in [2.75, 3.05) is 26.2 Å². The SMILES string of the molecule is CC(CNCC(=O)NC1CCCCCC1)N1CCCCC1. The van der Waals surface area contributed by atoms with Gasteiger partial charge in [-0.05, 0) is 45.7 Å². The summed E-state index contributed by atoms with van der Waals surface area (Å²) >= 11 is 0. The third kappa shape index (κ3) is 6.35. The highest BCUT2D eigenvalue weighted by molar-refractivity contribution is 5.78. The first kappa shape index (κ1) is 16.8. The minimum Gasteiger partial charge on any atom is -0.352 e. The smallest absolute Gasteiger partial charge is 0.234 e. The molecule has 4 nitrogen and oxygen atoms in total. The Morgan fingerprint density at radius 3 is 2.33 bits per heavy atom. The van der Waals surface area contributed by atoms with E-state index in [0.717, 1.165) is 19.4 Å². The molecule has 1 saturated heterocycles. The molecular formula is C17H33N3O. The fourth-order valence-electron chi connectivity index (χ4n) is 3.59. The zero-order chi connectivity index (χ0) is 14.9. The predicted octanol–water partition coefficient (Wildman–Crippen LogP) is 2.29. The van der Waals surface area contributed by atoms with Gasteiger partial charge in [0.05, 0.1) is 6.54 Å². The first-order valence-electron chi connectivity index (χ1n) is 9.00. The van der Waals surface area contributed by atoms with E-state index in [2.05, 4.69) is 22.5 Å². The van der Waals surface area contributed by atoms with Crippen molar-refractivity contribution in [1.29, 1.82) is 0 Å². The van der Waals surface area contributed by atoms with E-state index in [1.165, 1.54) is 58.0 Å². The molecule has 1 atom stereocenters. The average Bonchev–Trinajstić information content (AvgIpc) is 2.76. The number of nitrogens with zero attached hydrogens (tertiary/aromatic N) is 1. The molecule has 4 heteroatoms. The Morgan fingerprint density at radius 1 is 1.05 bits per heavy atom. The van der Waals surface area contributed by atoms with E-state index in [0.29, 0.717) is 18.6 Å². The number of carbonyl (C=O) groups excluding carboxylic acids is 1. The first-order valence-corrected chi connectivity index (χ1v) is 9.00. The number of likely N-dealkylation sites (tertiary alicyclic amines) is 1. The van der Waals surface area contributed by atoms with Crippen molar-refractivity contribution in [1.82, 2.24) is 15.5 Å². The second-order valence-electron chi connectivity index (χ2n) is 6.83. The summed E-state index contributed by atoms with van der Waals surface area (Å²) in [6.45, 7) is 6.09. The Hall–Kier alpha value is -0.610. The standard InChI is InChI=1S/C17H33N3O/c1-15(20-11-7-4-8-12-20)13-18-14-17(21)19-16-9-5-2-3-6-10-16/h15-16,18H,2-14H2,1H3,(H,19,21). The highest BCUT2D eigenvalue weighted by atomic mass is 16.1. The monoisotopic (exact) mass is 295 g/mol. The van der Waals surface area contributed by atoms with Crippen LogP contribution in [0.3, 0.4) is 0 Å². The maximum absolute atomic E-state index is 12.0. The molecule has 0 bridgehead atoms. The number of piperidine rings is 1. The summed E-state index contributed by atoms with van der Waals surface area (Å²) in [5.41, 5.74) is 0. The summed E-state index contributed by atoms with van der Waals surface area (Å²) < 4.78 is 0. The van der Waals surface area contributed by atoms with Crippen LogP contribution in [0.1, 0.15) is 64.7 Å². The molecule has 1 saturated carbocycles. The highest BCUT2D eigenvalue weighted by Crippen LogP contribution is 2.17. The lowest BCUT2D eigenvalue weighted by Gasteiger charge is -2.32. The maximum Gasteiger partial charge on any atom is 0.234 e. The van der Waals surface area contributed by atoms with Gasteiger partial charge in [0.25, 0.3) is 0 Å². The van der Waals surface area contributed by atoms with Gasteiger partial charge in [-0.15, -0.1) is 0 Å². The van der Waals surface area contributed by atoms with Crippen LogP contribution in [0.15, 0.2) is 0 Å². The van der Waals surface area contributed by atoms with E-state index in [1.807, 2.05) is 0 Å². The second kappa shape index (κ2) is 9.42. The molecule has 0 radical (unpaired) electrons. The molecule has 1 heterocycles. The van der Waals surface area contributed by atoms with Crippen molar-refractivity contribution < 1.29 is 4.79 Å². The molecule has 0 aromatic carbocycles. The van der Waals surface area contributed by atoms with Crippen molar-refractivity contribution >= 4 is 5.91 Å². The van der Waals surface area contributed by atoms with Crippen LogP contribution in [-0.4, -0.2) is 49.1 Å². The Morgan fingerprint density at radius 2 is 1.67 bits per heavy atom. The molecule has 1 aliphatic carbocycles. The lowest BCUT2D eigenvalue weighted by Crippen LogP contribution is -2.46. The summed E-state index contributed by atoms with van der Waals surface area (Å²) in [4.78, 5) is 14.5. The summed E-state index contributed by atoms with van der Waals surface area (Å²) in [7, 11) is 0. The molecule has 2 rings (SSSR count). The summed E-state index contributed by atoms with van der Waals surface area (Å²) in [5, 5.41) is 6.53. The molecule has 122 valence electrons. The van der Waals surface area contributed by atoms with E-state index in [9.17, 15) is 4.79 Å². The fraction of sp³-hybridized carbons (Fsp3) is 0.941. The summed E-state index contributed by atoms with van der Waals surface area (Å²) in [6.07, 6.45) is 11.6. The van der Waals surface area contributed by atoms with Crippen molar-refractivity contribution in [2.45, 2.75) is 76.8 Å². The Balaban J connectivity index is 1.57. The number of hydrogen-bond donors (Lipinski definition) is 2. The van der Waals surface area contributed by atoms with Crippen LogP contribution in [0.2, 0.25) is 0 Å². The molecule has 2 aliphatic rings. The van der Waals surface area contributed by atoms with Crippen LogP contribution < -0.4 is 10.6 Å². The molecule has 1 amide bonds. The zero-order valence-corrected chi connectivity index (χ0v) is 13.7. The van der Waals surface area contributed by atoms with Crippen LogP contribution in [0, 0.1) is 0 Å². The van der Waals surface area contributed by atoms with Gasteiger partial charge < -0.3 is 10.6 Å². The lowest BCUT2D eigenvalue weighted by atomic mass is 10.1. The molecule has 1 aliphatic heterocycles. The Labute approximate surface area is 130 Å². The average molecular weight is 295 g/mol. The van der Waals surface area contributed by atoms with Crippen molar-refractivity contribution in [2.24, 2.45) is 0 Å². The quantitative estimate of drug-likeness (QED) is 0.739. The largest absolute Gasteiger partial charge is 0.352 e. The third-order valence-electron chi connectivity index (χ3n) is 4.96. The van der Waals surface area contributed by atoms with Gasteiger partial charge in [-0.25, -0.2) is 0 Å². The van der Waals surface area contributed by atoms with E-state index in [1.54, 1.807) is 0 Å². The highest BCUT2D eigenvalue weighted by Gasteiger charge is 2.17. The van der Waals surface area contributed by atoms with Gasteiger partial charge in [0.1, 0.15) is 0 Å². The Bertz CT molecular complexity index is 294. The van der Waals surface area contributed by atoms with Crippen LogP contribution in [0.5, 0.6) is 0 Å². The Kier molecular flexibility index (Phi) is 7.51. The van der Waals surface area contributed by atoms with Gasteiger partial charge >= 0.3 is 0 Å². The molecule has 21 heavy (non-hydrogen) atoms. The molecule has 2 N–H and O–H groups in total. The minimum absolute atomic E-state index is 0.174. The molecular weight excluding hydrogens is 262 g/mol. The van der Waals surface area contributed by atoms with E-state index < -0.39 is 0 Å². The van der Waals surface area contributed by atoms with Crippen LogP contribution >= 0.6 is 0 Å². The van der Waals surface area contributed by atoms with Gasteiger partial charge in [-0.3, -0.25) is 9.69 Å². The van der Waals surface area contributed by atoms with Gasteiger partial charge in [0, 0.05) is 18.6 Å². The van der Waals surface area contributed by atoms with Gasteiger partial charge in [-0.1, -0.05) is 32.1 Å². The zero-order valence-electron chi connectivity index (χ0n) is 13.7. The third-order valence-corrected chi connectivity index (χ3v) is 4.96. The van der Waals surface area contributed by atoms with Gasteiger partial charge in [0.15, 0.2) is 0 Å². The van der Waals surface area contributed by atoms with E-state index in [-0.39, 0.29) is 5.91 Å². The predicted molar refractivity (Wildman–Crippen MR) is 87.4 cm³/mol. The number of hydrogen-bond acceptors (Lipinski definition) is 3. The van der Waals surface area contributed by atoms with Crippen LogP contribution in [-0.2, 0) is 4.79 Å². The molecule has 0 spiro atoms. The fourth-order valence-corrected chi connectivity index (χ4v) is 3.59. The van der Waals surface area contributed by atoms with Crippen molar-refractivity contribution in [3.05, 3.63) is 0 Å². The minimum atomic E-state index is 0.174. The van der Waals surface area contributed by atoms with Gasteiger partial charge in [0.2, 0.25) is 5.91 Å². The van der Waals surface area contributed by atoms with Crippen molar-refractivity contribution in [3.8, 4) is 0 Å². The topological polar surface area (TPSA) is 44.4 Å². The second-order valence-corrected chi connectivity index (χ2v) is 6.83. The number of nitrogens with one attached hydrogen (secondary N) is 2. The van der Waals surface area contributed by atoms with E-state index in [4.69, 9.17) is 0 Å². The number of amides is 1. The maximum atomic E-state index is 12.0. The summed E-state index contributed by atoms with van der Waals surface area (Å²) in [5.74, 6) is 0.174. The van der Waals surface area contributed by atoms with Gasteiger partial charge in [-0.2, -0.15) is 0 Å². The van der Waals surface area contributed by atoms with E-state index >= 15 is 0 Å². The molecule has 2 fully saturated rings. The summed E-state index contributed by atoms with van der Waals surface area (Å²) in [6, 6.07) is 0.956. The van der Waals surface area contributed by atoms with Crippen LogP contribution in [0.25, 0.3) is 0 Å². The first-order chi connectivity index (χ1) is 10.3. The number of rotatable bonds is 6. The van der Waals surface area contributed by atoms with Crippen molar-refractivity contribution in [3.63, 3.8) is 0 Å². The number of carbonyl (C=O) groups is 1. The molecule has 0 aromatic rings. The molecule has 1 unspecified atom stereocenters. The van der Waals surface area contributed by atoms with Crippen LogP contribution in [0.4, 0.5) is 0 Å².